The number of ketones is 1. The molecule has 0 bridgehead atoms. The van der Waals surface area contributed by atoms with E-state index in [1.54, 1.807) is 0 Å². The molecule has 1 aromatic heterocycles. The molecule has 1 aromatic carbocycles. The summed E-state index contributed by atoms with van der Waals surface area (Å²) in [5, 5.41) is 0. The molecule has 1 aliphatic heterocycles. The number of hydrogen-bond acceptors (Lipinski definition) is 1. The van der Waals surface area contributed by atoms with E-state index in [1.807, 2.05) is 0 Å². The van der Waals surface area contributed by atoms with Gasteiger partial charge in [-0.25, -0.2) is 13.2 Å². The van der Waals surface area contributed by atoms with Crippen molar-refractivity contribution in [3.63, 3.8) is 0 Å². The largest absolute Gasteiger partial charge is 0.418 e. The molecule has 0 atom stereocenters. The maximum Gasteiger partial charge on any atom is 0.418 e. The summed E-state index contributed by atoms with van der Waals surface area (Å²) in [6, 6.07) is 2.67. The average molecular weight is 383 g/mol. The first kappa shape index (κ1) is 18.4. The summed E-state index contributed by atoms with van der Waals surface area (Å²) in [5.41, 5.74) is -4.46. The van der Waals surface area contributed by atoms with Crippen molar-refractivity contribution in [3.05, 3.63) is 46.9 Å². The van der Waals surface area contributed by atoms with E-state index in [2.05, 4.69) is 0 Å². The number of carbonyl (C=O) groups is 1. The lowest BCUT2D eigenvalue weighted by molar-refractivity contribution is -0.138. The van der Waals surface area contributed by atoms with Crippen LogP contribution in [0.2, 0.25) is 0 Å². The number of halogens is 8. The third kappa shape index (κ3) is 2.86. The van der Waals surface area contributed by atoms with Gasteiger partial charge >= 0.3 is 12.1 Å². The van der Waals surface area contributed by atoms with Crippen molar-refractivity contribution in [3.8, 4) is 11.3 Å². The van der Waals surface area contributed by atoms with Gasteiger partial charge in [-0.2, -0.15) is 22.0 Å². The van der Waals surface area contributed by atoms with E-state index in [4.69, 9.17) is 0 Å². The van der Waals surface area contributed by atoms with Gasteiger partial charge in [-0.1, -0.05) is 0 Å². The van der Waals surface area contributed by atoms with Crippen molar-refractivity contribution in [2.45, 2.75) is 31.5 Å². The van der Waals surface area contributed by atoms with Gasteiger partial charge in [0.25, 0.3) is 6.43 Å². The number of hydrogen-bond donors (Lipinski definition) is 0. The molecule has 0 saturated heterocycles. The first-order valence-corrected chi connectivity index (χ1v) is 7.25. The van der Waals surface area contributed by atoms with Crippen LogP contribution in [-0.4, -0.2) is 16.3 Å². The van der Waals surface area contributed by atoms with Gasteiger partial charge < -0.3 is 4.57 Å². The molecule has 0 N–H and O–H groups in total. The molecule has 0 spiro atoms. The Labute approximate surface area is 141 Å². The summed E-state index contributed by atoms with van der Waals surface area (Å²) in [6.45, 7) is -0.624. The normalized spacial score (nSPS) is 16.9. The maximum absolute atomic E-state index is 13.6. The Morgan fingerprint density at radius 1 is 1.12 bits per heavy atom. The van der Waals surface area contributed by atoms with E-state index >= 15 is 0 Å². The second-order valence-corrected chi connectivity index (χ2v) is 5.76. The maximum atomic E-state index is 13.6. The lowest BCUT2D eigenvalue weighted by atomic mass is 10.0. The van der Waals surface area contributed by atoms with Crippen molar-refractivity contribution >= 4 is 5.78 Å². The van der Waals surface area contributed by atoms with Crippen molar-refractivity contribution in [2.75, 3.05) is 0 Å². The van der Waals surface area contributed by atoms with Crippen LogP contribution in [0.4, 0.5) is 35.1 Å². The predicted octanol–water partition coefficient (Wildman–Crippen LogP) is 5.47. The monoisotopic (exact) mass is 383 g/mol. The fourth-order valence-electron chi connectivity index (χ4n) is 2.89. The Morgan fingerprint density at radius 2 is 1.77 bits per heavy atom. The van der Waals surface area contributed by atoms with E-state index in [0.717, 1.165) is 6.07 Å². The van der Waals surface area contributed by atoms with E-state index in [0.29, 0.717) is 22.8 Å². The Morgan fingerprint density at radius 3 is 2.35 bits per heavy atom. The number of rotatable bonds is 2. The molecule has 0 fully saturated rings. The molecule has 1 aliphatic rings. The molecule has 140 valence electrons. The van der Waals surface area contributed by atoms with Crippen LogP contribution in [0.1, 0.15) is 34.5 Å². The van der Waals surface area contributed by atoms with Crippen LogP contribution in [0.5, 0.6) is 0 Å². The van der Waals surface area contributed by atoms with E-state index in [9.17, 15) is 39.9 Å². The molecular weight excluding hydrogens is 374 g/mol. The molecular formula is C16H9F8NO. The molecule has 0 saturated carbocycles. The van der Waals surface area contributed by atoms with Crippen molar-refractivity contribution in [1.82, 2.24) is 4.57 Å². The first-order valence-electron chi connectivity index (χ1n) is 7.25. The SMILES string of the molecule is O=C1c2c(C(F)(F)F)cc(-c3ccc(F)c(C(F)F)c3)n2CCC1(F)F. The lowest BCUT2D eigenvalue weighted by Crippen LogP contribution is -2.38. The minimum Gasteiger partial charge on any atom is -0.337 e. The third-order valence-electron chi connectivity index (χ3n) is 4.13. The zero-order valence-corrected chi connectivity index (χ0v) is 12.7. The van der Waals surface area contributed by atoms with Gasteiger partial charge in [0.1, 0.15) is 11.5 Å². The molecule has 2 heterocycles. The van der Waals surface area contributed by atoms with E-state index < -0.39 is 59.9 Å². The molecule has 2 nitrogen and oxygen atoms in total. The fraction of sp³-hybridized carbons (Fsp3) is 0.312. The number of aromatic nitrogens is 1. The van der Waals surface area contributed by atoms with Crippen LogP contribution in [-0.2, 0) is 12.7 Å². The summed E-state index contributed by atoms with van der Waals surface area (Å²) in [6.07, 6.45) is -9.36. The second-order valence-electron chi connectivity index (χ2n) is 5.76. The second kappa shape index (κ2) is 5.82. The highest BCUT2D eigenvalue weighted by Gasteiger charge is 2.50. The predicted molar refractivity (Wildman–Crippen MR) is 73.7 cm³/mol. The van der Waals surface area contributed by atoms with Gasteiger partial charge in [0, 0.05) is 18.7 Å². The molecule has 0 unspecified atom stereocenters. The van der Waals surface area contributed by atoms with Crippen LogP contribution in [0, 0.1) is 5.82 Å². The number of Topliss-reactive ketones (excluding diaryl/α,β-unsaturated/α-hetero) is 1. The average Bonchev–Trinajstić information content (AvgIpc) is 2.91. The fourth-order valence-corrected chi connectivity index (χ4v) is 2.89. The zero-order valence-electron chi connectivity index (χ0n) is 12.7. The van der Waals surface area contributed by atoms with Crippen LogP contribution >= 0.6 is 0 Å². The third-order valence-corrected chi connectivity index (χ3v) is 4.13. The highest BCUT2D eigenvalue weighted by Crippen LogP contribution is 2.43. The Balaban J connectivity index is 2.26. The molecule has 3 rings (SSSR count). The van der Waals surface area contributed by atoms with Crippen molar-refractivity contribution < 1.29 is 39.9 Å². The van der Waals surface area contributed by atoms with Crippen LogP contribution in [0.15, 0.2) is 24.3 Å². The highest BCUT2D eigenvalue weighted by atomic mass is 19.4. The lowest BCUT2D eigenvalue weighted by Gasteiger charge is -2.25. The minimum atomic E-state index is -5.11. The zero-order chi connectivity index (χ0) is 19.4. The molecule has 0 amide bonds. The molecule has 10 heteroatoms. The number of nitrogens with zero attached hydrogens (tertiary/aromatic N) is 1. The molecule has 0 aliphatic carbocycles. The summed E-state index contributed by atoms with van der Waals surface area (Å²) < 4.78 is 107. The molecule has 26 heavy (non-hydrogen) atoms. The van der Waals surface area contributed by atoms with Crippen molar-refractivity contribution in [1.29, 1.82) is 0 Å². The number of fused-ring (bicyclic) bond motifs is 1. The van der Waals surface area contributed by atoms with Crippen LogP contribution in [0.25, 0.3) is 11.3 Å². The van der Waals surface area contributed by atoms with Gasteiger partial charge in [-0.3, -0.25) is 4.79 Å². The first-order chi connectivity index (χ1) is 11.9. The van der Waals surface area contributed by atoms with Gasteiger partial charge in [0.05, 0.1) is 11.1 Å². The Kier molecular flexibility index (Phi) is 4.12. The summed E-state index contributed by atoms with van der Waals surface area (Å²) in [4.78, 5) is 11.8. The van der Waals surface area contributed by atoms with Crippen LogP contribution < -0.4 is 0 Å². The van der Waals surface area contributed by atoms with Gasteiger partial charge in [-0.15, -0.1) is 0 Å². The van der Waals surface area contributed by atoms with E-state index in [1.165, 1.54) is 0 Å². The number of alkyl halides is 7. The summed E-state index contributed by atoms with van der Waals surface area (Å²) in [7, 11) is 0. The number of carbonyl (C=O) groups excluding carboxylic acids is 1. The van der Waals surface area contributed by atoms with Crippen LogP contribution in [0.3, 0.4) is 0 Å². The van der Waals surface area contributed by atoms with Crippen molar-refractivity contribution in [2.24, 2.45) is 0 Å². The van der Waals surface area contributed by atoms with Gasteiger partial charge in [-0.05, 0) is 29.8 Å². The minimum absolute atomic E-state index is 0.239. The Bertz CT molecular complexity index is 881. The Hall–Kier alpha value is -2.39. The quantitative estimate of drug-likeness (QED) is 0.630. The number of benzene rings is 1. The summed E-state index contributed by atoms with van der Waals surface area (Å²) >= 11 is 0. The summed E-state index contributed by atoms with van der Waals surface area (Å²) in [5.74, 6) is -7.20. The molecule has 2 aromatic rings. The standard InChI is InChI=1S/C16H9F8NO/c17-10-2-1-7(5-8(10)14(18)19)11-6-9(16(22,23)24)12-13(26)15(20,21)3-4-25(11)12/h1-2,5-6,14H,3-4H2. The van der Waals surface area contributed by atoms with Gasteiger partial charge in [0.2, 0.25) is 5.78 Å². The van der Waals surface area contributed by atoms with E-state index in [-0.39, 0.29) is 11.3 Å². The van der Waals surface area contributed by atoms with Gasteiger partial charge in [0.15, 0.2) is 0 Å². The molecule has 0 radical (unpaired) electrons. The highest BCUT2D eigenvalue weighted by molar-refractivity contribution is 6.03. The smallest absolute Gasteiger partial charge is 0.337 e. The topological polar surface area (TPSA) is 22.0 Å².